The number of hydrogen-bond acceptors (Lipinski definition) is 2. The van der Waals surface area contributed by atoms with Gasteiger partial charge in [-0.2, -0.15) is 0 Å². The second kappa shape index (κ2) is 3.90. The lowest BCUT2D eigenvalue weighted by Crippen LogP contribution is -2.60. The highest BCUT2D eigenvalue weighted by Gasteiger charge is 2.82. The molecule has 0 radical (unpaired) electrons. The molecule has 6 atom stereocenters. The summed E-state index contributed by atoms with van der Waals surface area (Å²) in [6.07, 6.45) is 5.39. The molecule has 1 aromatic carbocycles. The van der Waals surface area contributed by atoms with Crippen LogP contribution in [0.15, 0.2) is 24.3 Å². The summed E-state index contributed by atoms with van der Waals surface area (Å²) in [4.78, 5) is 0. The van der Waals surface area contributed by atoms with Gasteiger partial charge in [0.05, 0.1) is 5.54 Å². The quantitative estimate of drug-likeness (QED) is 0.864. The van der Waals surface area contributed by atoms with Crippen LogP contribution in [0.5, 0.6) is 0 Å². The fraction of sp³-hybridized carbons (Fsp3) is 0.700. The van der Waals surface area contributed by atoms with Gasteiger partial charge in [-0.15, -0.1) is 0 Å². The van der Waals surface area contributed by atoms with Crippen LogP contribution >= 0.6 is 0 Å². The van der Waals surface area contributed by atoms with Crippen molar-refractivity contribution >= 4 is 5.69 Å². The van der Waals surface area contributed by atoms with Gasteiger partial charge in [0.15, 0.2) is 0 Å². The van der Waals surface area contributed by atoms with Crippen molar-refractivity contribution in [3.8, 4) is 0 Å². The molecule has 2 spiro atoms. The van der Waals surface area contributed by atoms with Gasteiger partial charge >= 0.3 is 0 Å². The Kier molecular flexibility index (Phi) is 2.38. The predicted molar refractivity (Wildman–Crippen MR) is 91.2 cm³/mol. The van der Waals surface area contributed by atoms with E-state index in [0.717, 1.165) is 11.8 Å². The smallest absolute Gasteiger partial charge is 0.0543 e. The minimum absolute atomic E-state index is 0.278. The lowest BCUT2D eigenvalue weighted by atomic mass is 9.57. The number of hydrogen-bond donors (Lipinski definition) is 2. The van der Waals surface area contributed by atoms with Crippen molar-refractivity contribution in [3.05, 3.63) is 29.8 Å². The number of fused-ring (bicyclic) bond motifs is 3. The summed E-state index contributed by atoms with van der Waals surface area (Å²) in [5.74, 6) is 1.51. The van der Waals surface area contributed by atoms with E-state index in [9.17, 15) is 0 Å². The molecule has 2 N–H and O–H groups in total. The van der Waals surface area contributed by atoms with Crippen LogP contribution in [0.3, 0.4) is 0 Å². The van der Waals surface area contributed by atoms with Gasteiger partial charge in [-0.05, 0) is 54.7 Å². The predicted octanol–water partition coefficient (Wildman–Crippen LogP) is 3.93. The molecule has 4 aliphatic rings. The number of rotatable bonds is 2. The van der Waals surface area contributed by atoms with Gasteiger partial charge in [0.2, 0.25) is 0 Å². The normalized spacial score (nSPS) is 50.6. The van der Waals surface area contributed by atoms with E-state index in [-0.39, 0.29) is 5.54 Å². The highest BCUT2D eigenvalue weighted by atomic mass is 15.2. The van der Waals surface area contributed by atoms with Crippen LogP contribution in [-0.4, -0.2) is 18.1 Å². The van der Waals surface area contributed by atoms with Crippen molar-refractivity contribution in [2.75, 3.05) is 11.9 Å². The summed E-state index contributed by atoms with van der Waals surface area (Å²) in [5.41, 5.74) is 4.13. The van der Waals surface area contributed by atoms with Crippen molar-refractivity contribution in [1.29, 1.82) is 0 Å². The average Bonchev–Trinajstić information content (AvgIpc) is 3.17. The highest BCUT2D eigenvalue weighted by Crippen LogP contribution is 2.77. The zero-order valence-electron chi connectivity index (χ0n) is 14.1. The molecule has 0 aromatic heterocycles. The highest BCUT2D eigenvalue weighted by molar-refractivity contribution is 5.70. The molecule has 2 heteroatoms. The Morgan fingerprint density at radius 1 is 1.23 bits per heavy atom. The Balaban J connectivity index is 1.80. The monoisotopic (exact) mass is 296 g/mol. The van der Waals surface area contributed by atoms with Crippen molar-refractivity contribution in [3.63, 3.8) is 0 Å². The lowest BCUT2D eigenvalue weighted by molar-refractivity contribution is 0.119. The van der Waals surface area contributed by atoms with Crippen LogP contribution in [-0.2, 0) is 5.41 Å². The second-order valence-corrected chi connectivity index (χ2v) is 8.46. The minimum atomic E-state index is 0.278. The summed E-state index contributed by atoms with van der Waals surface area (Å²) >= 11 is 0. The standard InChI is InChI=1S/C20H28N2/c1-4-9-18-12-13(2)20(14(18)3)19(10-11-21-17(18)19)15-7-5-6-8-16(15)22-20/h5-8,13-14,17,21-22H,4,9-12H2,1-3H3. The second-order valence-electron chi connectivity index (χ2n) is 8.46. The molecule has 1 aromatic rings. The maximum absolute atomic E-state index is 4.11. The Morgan fingerprint density at radius 2 is 2.05 bits per heavy atom. The van der Waals surface area contributed by atoms with E-state index in [1.165, 1.54) is 37.9 Å². The molecule has 6 unspecified atom stereocenters. The van der Waals surface area contributed by atoms with Crippen LogP contribution < -0.4 is 10.6 Å². The molecule has 118 valence electrons. The average molecular weight is 296 g/mol. The topological polar surface area (TPSA) is 24.1 Å². The molecule has 2 aliphatic heterocycles. The first-order chi connectivity index (χ1) is 10.6. The number of anilines is 1. The zero-order chi connectivity index (χ0) is 15.2. The Bertz CT molecular complexity index is 640. The van der Waals surface area contributed by atoms with Crippen molar-refractivity contribution < 1.29 is 0 Å². The molecule has 22 heavy (non-hydrogen) atoms. The van der Waals surface area contributed by atoms with Gasteiger partial charge in [0, 0.05) is 17.1 Å². The minimum Gasteiger partial charge on any atom is -0.378 e. The van der Waals surface area contributed by atoms with Crippen LogP contribution in [0, 0.1) is 17.3 Å². The molecule has 2 heterocycles. The number of para-hydroxylation sites is 1. The molecule has 5 rings (SSSR count). The zero-order valence-corrected chi connectivity index (χ0v) is 14.1. The van der Waals surface area contributed by atoms with Crippen molar-refractivity contribution in [2.45, 2.75) is 63.5 Å². The summed E-state index contributed by atoms with van der Waals surface area (Å²) in [5, 5.41) is 8.09. The van der Waals surface area contributed by atoms with Crippen LogP contribution in [0.25, 0.3) is 0 Å². The van der Waals surface area contributed by atoms with E-state index in [4.69, 9.17) is 0 Å². The molecule has 2 aliphatic carbocycles. The van der Waals surface area contributed by atoms with E-state index < -0.39 is 0 Å². The largest absolute Gasteiger partial charge is 0.378 e. The Labute approximate surface area is 134 Å². The van der Waals surface area contributed by atoms with E-state index in [2.05, 4.69) is 55.7 Å². The maximum Gasteiger partial charge on any atom is 0.0543 e. The van der Waals surface area contributed by atoms with Crippen molar-refractivity contribution in [1.82, 2.24) is 5.32 Å². The third kappa shape index (κ3) is 1.06. The number of benzene rings is 1. The molecule has 3 fully saturated rings. The van der Waals surface area contributed by atoms with Gasteiger partial charge in [-0.1, -0.05) is 45.4 Å². The molecular formula is C20H28N2. The van der Waals surface area contributed by atoms with Gasteiger partial charge in [0.1, 0.15) is 0 Å². The maximum atomic E-state index is 4.11. The first-order valence-electron chi connectivity index (χ1n) is 9.24. The fourth-order valence-corrected chi connectivity index (χ4v) is 7.84. The van der Waals surface area contributed by atoms with Gasteiger partial charge in [-0.25, -0.2) is 0 Å². The number of nitrogens with one attached hydrogen (secondary N) is 2. The molecule has 2 nitrogen and oxygen atoms in total. The third-order valence-corrected chi connectivity index (χ3v) is 8.15. The van der Waals surface area contributed by atoms with E-state index >= 15 is 0 Å². The van der Waals surface area contributed by atoms with E-state index in [1.54, 1.807) is 5.56 Å². The summed E-state index contributed by atoms with van der Waals surface area (Å²) < 4.78 is 0. The Morgan fingerprint density at radius 3 is 2.86 bits per heavy atom. The Hall–Kier alpha value is -1.02. The van der Waals surface area contributed by atoms with Crippen LogP contribution in [0.2, 0.25) is 0 Å². The third-order valence-electron chi connectivity index (χ3n) is 8.15. The van der Waals surface area contributed by atoms with E-state index in [0.29, 0.717) is 16.9 Å². The van der Waals surface area contributed by atoms with Crippen LogP contribution in [0.4, 0.5) is 5.69 Å². The van der Waals surface area contributed by atoms with Gasteiger partial charge < -0.3 is 10.6 Å². The summed E-state index contributed by atoms with van der Waals surface area (Å²) in [6, 6.07) is 9.84. The van der Waals surface area contributed by atoms with Gasteiger partial charge in [0.25, 0.3) is 0 Å². The van der Waals surface area contributed by atoms with Crippen molar-refractivity contribution in [2.24, 2.45) is 17.3 Å². The van der Waals surface area contributed by atoms with Crippen LogP contribution in [0.1, 0.15) is 52.0 Å². The molecule has 2 saturated carbocycles. The first-order valence-corrected chi connectivity index (χ1v) is 9.24. The van der Waals surface area contributed by atoms with E-state index in [1.807, 2.05) is 0 Å². The summed E-state index contributed by atoms with van der Waals surface area (Å²) in [6.45, 7) is 8.63. The van der Waals surface area contributed by atoms with Gasteiger partial charge in [-0.3, -0.25) is 0 Å². The fourth-order valence-electron chi connectivity index (χ4n) is 7.84. The SMILES string of the molecule is CCCC12CC(C)C3(Nc4ccccc4C34CCNC14)C2C. The summed E-state index contributed by atoms with van der Waals surface area (Å²) in [7, 11) is 0. The lowest BCUT2D eigenvalue weighted by Gasteiger charge is -2.49. The molecular weight excluding hydrogens is 268 g/mol. The molecule has 1 saturated heterocycles. The first kappa shape index (κ1) is 13.4. The molecule has 0 amide bonds. The molecule has 2 bridgehead atoms.